The highest BCUT2D eigenvalue weighted by atomic mass is 16.5. The number of ether oxygens (including phenoxy) is 1. The molecule has 1 aliphatic rings. The van der Waals surface area contributed by atoms with Crippen molar-refractivity contribution in [3.63, 3.8) is 0 Å². The minimum atomic E-state index is -0.819. The summed E-state index contributed by atoms with van der Waals surface area (Å²) in [5.41, 5.74) is 1.87. The second-order valence-corrected chi connectivity index (χ2v) is 3.68. The molecule has 1 N–H and O–H groups in total. The Balaban J connectivity index is 2.48. The number of hydrogen-bond acceptors (Lipinski definition) is 2. The number of benzene rings is 1. The first-order valence-electron chi connectivity index (χ1n) is 4.59. The third kappa shape index (κ3) is 1.25. The molecule has 3 nitrogen and oxygen atoms in total. The van der Waals surface area contributed by atoms with Crippen LogP contribution < -0.4 is 4.74 Å². The number of fused-ring (bicyclic) bond motifs is 1. The van der Waals surface area contributed by atoms with Gasteiger partial charge in [-0.2, -0.15) is 0 Å². The largest absolute Gasteiger partial charge is 0.489 e. The van der Waals surface area contributed by atoms with Crippen LogP contribution in [0, 0.1) is 6.92 Å². The van der Waals surface area contributed by atoms with Gasteiger partial charge < -0.3 is 9.84 Å². The molecule has 1 aromatic carbocycles. The summed E-state index contributed by atoms with van der Waals surface area (Å²) < 4.78 is 5.48. The fraction of sp³-hybridized carbons (Fsp3) is 0.364. The molecule has 0 saturated heterocycles. The number of rotatable bonds is 1. The standard InChI is InChI=1S/C11H12O3/c1-6-3-4-8-9(5-6)14-7(2)10(8)11(12)13/h3-5,7,10H,1-2H3,(H,12,13). The Kier molecular flexibility index (Phi) is 1.95. The fourth-order valence-electron chi connectivity index (χ4n) is 1.86. The first kappa shape index (κ1) is 9.06. The molecular weight excluding hydrogens is 180 g/mol. The Hall–Kier alpha value is -1.51. The van der Waals surface area contributed by atoms with Gasteiger partial charge >= 0.3 is 5.97 Å². The summed E-state index contributed by atoms with van der Waals surface area (Å²) in [6.45, 7) is 3.75. The Morgan fingerprint density at radius 1 is 1.50 bits per heavy atom. The SMILES string of the molecule is Cc1ccc2c(c1)OC(C)C2C(=O)O. The van der Waals surface area contributed by atoms with Crippen molar-refractivity contribution in [1.29, 1.82) is 0 Å². The lowest BCUT2D eigenvalue weighted by molar-refractivity contribution is -0.140. The van der Waals surface area contributed by atoms with Gasteiger partial charge in [-0.3, -0.25) is 4.79 Å². The van der Waals surface area contributed by atoms with Crippen LogP contribution in [0.2, 0.25) is 0 Å². The highest BCUT2D eigenvalue weighted by Crippen LogP contribution is 2.38. The lowest BCUT2D eigenvalue weighted by atomic mass is 9.96. The van der Waals surface area contributed by atoms with E-state index < -0.39 is 11.9 Å². The quantitative estimate of drug-likeness (QED) is 0.739. The van der Waals surface area contributed by atoms with Gasteiger partial charge in [-0.15, -0.1) is 0 Å². The van der Waals surface area contributed by atoms with Crippen LogP contribution in [-0.4, -0.2) is 17.2 Å². The molecule has 2 atom stereocenters. The van der Waals surface area contributed by atoms with Gasteiger partial charge in [0.2, 0.25) is 0 Å². The van der Waals surface area contributed by atoms with Crippen LogP contribution >= 0.6 is 0 Å². The topological polar surface area (TPSA) is 46.5 Å². The molecule has 0 amide bonds. The molecule has 0 aromatic heterocycles. The lowest BCUT2D eigenvalue weighted by Gasteiger charge is -2.08. The molecule has 2 rings (SSSR count). The van der Waals surface area contributed by atoms with Crippen molar-refractivity contribution in [2.24, 2.45) is 0 Å². The summed E-state index contributed by atoms with van der Waals surface area (Å²) >= 11 is 0. The second-order valence-electron chi connectivity index (χ2n) is 3.68. The molecule has 14 heavy (non-hydrogen) atoms. The summed E-state index contributed by atoms with van der Waals surface area (Å²) in [5, 5.41) is 9.02. The lowest BCUT2D eigenvalue weighted by Crippen LogP contribution is -2.21. The van der Waals surface area contributed by atoms with Crippen LogP contribution in [0.1, 0.15) is 24.0 Å². The zero-order valence-corrected chi connectivity index (χ0v) is 8.15. The normalized spacial score (nSPS) is 24.1. The molecule has 74 valence electrons. The zero-order valence-electron chi connectivity index (χ0n) is 8.15. The minimum Gasteiger partial charge on any atom is -0.489 e. The van der Waals surface area contributed by atoms with Crippen molar-refractivity contribution < 1.29 is 14.6 Å². The van der Waals surface area contributed by atoms with Gasteiger partial charge in [0, 0.05) is 5.56 Å². The van der Waals surface area contributed by atoms with Crippen molar-refractivity contribution in [1.82, 2.24) is 0 Å². The van der Waals surface area contributed by atoms with Crippen LogP contribution in [0.5, 0.6) is 5.75 Å². The molecule has 1 aromatic rings. The van der Waals surface area contributed by atoms with Gasteiger partial charge in [-0.25, -0.2) is 0 Å². The van der Waals surface area contributed by atoms with E-state index in [0.29, 0.717) is 5.75 Å². The predicted molar refractivity (Wildman–Crippen MR) is 51.6 cm³/mol. The van der Waals surface area contributed by atoms with E-state index in [1.54, 1.807) is 6.92 Å². The fourth-order valence-corrected chi connectivity index (χ4v) is 1.86. The maximum atomic E-state index is 11.0. The van der Waals surface area contributed by atoms with Crippen molar-refractivity contribution in [3.05, 3.63) is 29.3 Å². The molecule has 2 unspecified atom stereocenters. The van der Waals surface area contributed by atoms with Gasteiger partial charge in [0.15, 0.2) is 0 Å². The van der Waals surface area contributed by atoms with E-state index in [1.165, 1.54) is 0 Å². The third-order valence-electron chi connectivity index (χ3n) is 2.55. The van der Waals surface area contributed by atoms with Gasteiger partial charge in [0.25, 0.3) is 0 Å². The maximum absolute atomic E-state index is 11.0. The molecule has 0 saturated carbocycles. The van der Waals surface area contributed by atoms with E-state index >= 15 is 0 Å². The molecule has 0 aliphatic carbocycles. The van der Waals surface area contributed by atoms with Crippen molar-refractivity contribution in [2.75, 3.05) is 0 Å². The first-order valence-corrected chi connectivity index (χ1v) is 4.59. The second kappa shape index (κ2) is 3.01. The molecule has 3 heteroatoms. The first-order chi connectivity index (χ1) is 6.59. The molecule has 1 aliphatic heterocycles. The van der Waals surface area contributed by atoms with Gasteiger partial charge in [0.05, 0.1) is 0 Å². The minimum absolute atomic E-state index is 0.274. The molecular formula is C11H12O3. The molecule has 0 bridgehead atoms. The predicted octanol–water partition coefficient (Wildman–Crippen LogP) is 1.94. The van der Waals surface area contributed by atoms with E-state index in [-0.39, 0.29) is 6.10 Å². The van der Waals surface area contributed by atoms with Gasteiger partial charge in [-0.05, 0) is 25.5 Å². The number of aliphatic carboxylic acids is 1. The van der Waals surface area contributed by atoms with Crippen molar-refractivity contribution in [3.8, 4) is 5.75 Å². The summed E-state index contributed by atoms with van der Waals surface area (Å²) in [6.07, 6.45) is -0.274. The Bertz CT molecular complexity index is 384. The number of hydrogen-bond donors (Lipinski definition) is 1. The zero-order chi connectivity index (χ0) is 10.3. The average molecular weight is 192 g/mol. The Morgan fingerprint density at radius 2 is 2.21 bits per heavy atom. The average Bonchev–Trinajstić information content (AvgIpc) is 2.39. The summed E-state index contributed by atoms with van der Waals surface area (Å²) in [4.78, 5) is 11.0. The number of carboxylic acid groups (broad SMARTS) is 1. The summed E-state index contributed by atoms with van der Waals surface area (Å²) in [6, 6.07) is 5.64. The number of carboxylic acids is 1. The highest BCUT2D eigenvalue weighted by Gasteiger charge is 2.36. The van der Waals surface area contributed by atoms with Crippen LogP contribution in [0.15, 0.2) is 18.2 Å². The molecule has 0 fully saturated rings. The Morgan fingerprint density at radius 3 is 2.86 bits per heavy atom. The van der Waals surface area contributed by atoms with Crippen LogP contribution in [-0.2, 0) is 4.79 Å². The van der Waals surface area contributed by atoms with E-state index in [0.717, 1.165) is 11.1 Å². The summed E-state index contributed by atoms with van der Waals surface area (Å²) in [5.74, 6) is -0.629. The smallest absolute Gasteiger partial charge is 0.314 e. The third-order valence-corrected chi connectivity index (χ3v) is 2.55. The Labute approximate surface area is 82.3 Å². The number of carbonyl (C=O) groups is 1. The van der Waals surface area contributed by atoms with Crippen molar-refractivity contribution >= 4 is 5.97 Å². The van der Waals surface area contributed by atoms with Crippen LogP contribution in [0.25, 0.3) is 0 Å². The van der Waals surface area contributed by atoms with Crippen LogP contribution in [0.3, 0.4) is 0 Å². The highest BCUT2D eigenvalue weighted by molar-refractivity contribution is 5.79. The van der Waals surface area contributed by atoms with E-state index in [4.69, 9.17) is 9.84 Å². The van der Waals surface area contributed by atoms with E-state index in [1.807, 2.05) is 25.1 Å². The maximum Gasteiger partial charge on any atom is 0.314 e. The van der Waals surface area contributed by atoms with E-state index in [2.05, 4.69) is 0 Å². The number of aryl methyl sites for hydroxylation is 1. The molecule has 1 heterocycles. The van der Waals surface area contributed by atoms with Gasteiger partial charge in [0.1, 0.15) is 17.8 Å². The van der Waals surface area contributed by atoms with Crippen molar-refractivity contribution in [2.45, 2.75) is 25.9 Å². The summed E-state index contributed by atoms with van der Waals surface area (Å²) in [7, 11) is 0. The van der Waals surface area contributed by atoms with Crippen LogP contribution in [0.4, 0.5) is 0 Å². The monoisotopic (exact) mass is 192 g/mol. The molecule has 0 spiro atoms. The van der Waals surface area contributed by atoms with Gasteiger partial charge in [-0.1, -0.05) is 12.1 Å². The molecule has 0 radical (unpaired) electrons. The van der Waals surface area contributed by atoms with E-state index in [9.17, 15) is 4.79 Å².